The Bertz CT molecular complexity index is 259. The van der Waals surface area contributed by atoms with Gasteiger partial charge >= 0.3 is 0 Å². The number of hydrogen-bond donors (Lipinski definition) is 1. The zero-order valence-corrected chi connectivity index (χ0v) is 11.5. The van der Waals surface area contributed by atoms with E-state index in [9.17, 15) is 0 Å². The first-order valence-corrected chi connectivity index (χ1v) is 6.83. The van der Waals surface area contributed by atoms with Gasteiger partial charge in [-0.2, -0.15) is 0 Å². The lowest BCUT2D eigenvalue weighted by atomic mass is 9.87. The van der Waals surface area contributed by atoms with Gasteiger partial charge in [-0.3, -0.25) is 4.90 Å². The number of piperidine rings is 1. The molecule has 2 heterocycles. The van der Waals surface area contributed by atoms with Gasteiger partial charge < -0.3 is 15.4 Å². The van der Waals surface area contributed by atoms with Crippen molar-refractivity contribution >= 4 is 0 Å². The molecule has 17 heavy (non-hydrogen) atoms. The van der Waals surface area contributed by atoms with Gasteiger partial charge in [0.2, 0.25) is 0 Å². The smallest absolute Gasteiger partial charge is 0.0743 e. The van der Waals surface area contributed by atoms with Gasteiger partial charge in [0.1, 0.15) is 0 Å². The zero-order chi connectivity index (χ0) is 12.5. The standard InChI is InChI=1S/C13H27N3O/c1-11-13(10-14,6-8-17-11)16-7-4-5-12(9-16)15(2)3/h11-12H,4-10,14H2,1-3H3. The number of nitrogens with two attached hydrogens (primary N) is 1. The van der Waals surface area contributed by atoms with Crippen LogP contribution in [0.1, 0.15) is 26.2 Å². The molecule has 0 aromatic heterocycles. The van der Waals surface area contributed by atoms with E-state index in [4.69, 9.17) is 10.5 Å². The van der Waals surface area contributed by atoms with Gasteiger partial charge in [0.25, 0.3) is 0 Å². The largest absolute Gasteiger partial charge is 0.376 e. The van der Waals surface area contributed by atoms with Crippen molar-refractivity contribution in [2.45, 2.75) is 43.9 Å². The number of likely N-dealkylation sites (tertiary alicyclic amines) is 1. The lowest BCUT2D eigenvalue weighted by molar-refractivity contribution is -0.0128. The summed E-state index contributed by atoms with van der Waals surface area (Å²) in [5, 5.41) is 0. The number of ether oxygens (including phenoxy) is 1. The van der Waals surface area contributed by atoms with Gasteiger partial charge in [-0.05, 0) is 46.8 Å². The molecule has 2 aliphatic rings. The average Bonchev–Trinajstić information content (AvgIpc) is 2.71. The minimum Gasteiger partial charge on any atom is -0.376 e. The first-order valence-electron chi connectivity index (χ1n) is 6.83. The Labute approximate surface area is 105 Å². The van der Waals surface area contributed by atoms with Crippen molar-refractivity contribution < 1.29 is 4.74 Å². The van der Waals surface area contributed by atoms with Gasteiger partial charge in [0.15, 0.2) is 0 Å². The second-order valence-corrected chi connectivity index (χ2v) is 5.78. The molecule has 0 aliphatic carbocycles. The van der Waals surface area contributed by atoms with E-state index in [1.165, 1.54) is 19.4 Å². The molecule has 0 aromatic carbocycles. The molecule has 0 saturated carbocycles. The van der Waals surface area contributed by atoms with Gasteiger partial charge in [-0.25, -0.2) is 0 Å². The fraction of sp³-hybridized carbons (Fsp3) is 1.00. The van der Waals surface area contributed by atoms with Gasteiger partial charge in [-0.15, -0.1) is 0 Å². The molecule has 0 bridgehead atoms. The van der Waals surface area contributed by atoms with Gasteiger partial charge in [-0.1, -0.05) is 0 Å². The fourth-order valence-corrected chi connectivity index (χ4v) is 3.36. The molecule has 3 atom stereocenters. The van der Waals surface area contributed by atoms with E-state index < -0.39 is 0 Å². The van der Waals surface area contributed by atoms with Crippen LogP contribution < -0.4 is 5.73 Å². The van der Waals surface area contributed by atoms with Gasteiger partial charge in [0.05, 0.1) is 11.6 Å². The van der Waals surface area contributed by atoms with Crippen LogP contribution in [0.5, 0.6) is 0 Å². The van der Waals surface area contributed by atoms with Crippen LogP contribution in [0.4, 0.5) is 0 Å². The summed E-state index contributed by atoms with van der Waals surface area (Å²) in [7, 11) is 4.36. The van der Waals surface area contributed by atoms with Crippen LogP contribution in [0, 0.1) is 0 Å². The summed E-state index contributed by atoms with van der Waals surface area (Å²) in [6.07, 6.45) is 3.94. The predicted molar refractivity (Wildman–Crippen MR) is 70.1 cm³/mol. The van der Waals surface area contributed by atoms with Crippen LogP contribution in [0.2, 0.25) is 0 Å². The van der Waals surface area contributed by atoms with Gasteiger partial charge in [0, 0.05) is 25.7 Å². The summed E-state index contributed by atoms with van der Waals surface area (Å²) in [5.41, 5.74) is 6.17. The molecule has 2 N–H and O–H groups in total. The Morgan fingerprint density at radius 2 is 2.24 bits per heavy atom. The summed E-state index contributed by atoms with van der Waals surface area (Å²) in [5.74, 6) is 0. The molecule has 2 saturated heterocycles. The lowest BCUT2D eigenvalue weighted by Crippen LogP contribution is -2.62. The van der Waals surface area contributed by atoms with Crippen LogP contribution in [0.25, 0.3) is 0 Å². The maximum atomic E-state index is 6.08. The number of hydrogen-bond acceptors (Lipinski definition) is 4. The summed E-state index contributed by atoms with van der Waals surface area (Å²) >= 11 is 0. The quantitative estimate of drug-likeness (QED) is 0.782. The molecule has 4 heteroatoms. The predicted octanol–water partition coefficient (Wildman–Crippen LogP) is 0.519. The number of likely N-dealkylation sites (N-methyl/N-ethyl adjacent to an activating group) is 1. The molecule has 100 valence electrons. The minimum atomic E-state index is 0.0919. The lowest BCUT2D eigenvalue weighted by Gasteiger charge is -2.47. The SMILES string of the molecule is CC1OCCC1(CN)N1CCCC(N(C)C)C1. The van der Waals surface area contributed by atoms with Crippen molar-refractivity contribution in [3.05, 3.63) is 0 Å². The van der Waals surface area contributed by atoms with E-state index in [0.717, 1.165) is 19.6 Å². The van der Waals surface area contributed by atoms with Crippen LogP contribution >= 0.6 is 0 Å². The molecule has 0 amide bonds. The van der Waals surface area contributed by atoms with Crippen LogP contribution in [-0.2, 0) is 4.74 Å². The Kier molecular flexibility index (Phi) is 4.08. The molecule has 0 spiro atoms. The second-order valence-electron chi connectivity index (χ2n) is 5.78. The highest BCUT2D eigenvalue weighted by Crippen LogP contribution is 2.33. The monoisotopic (exact) mass is 241 g/mol. The van der Waals surface area contributed by atoms with Crippen LogP contribution in [-0.4, -0.2) is 67.8 Å². The average molecular weight is 241 g/mol. The molecule has 0 radical (unpaired) electrons. The van der Waals surface area contributed by atoms with Crippen molar-refractivity contribution in [1.29, 1.82) is 0 Å². The van der Waals surface area contributed by atoms with E-state index in [1.54, 1.807) is 0 Å². The van der Waals surface area contributed by atoms with E-state index in [2.05, 4.69) is 30.8 Å². The van der Waals surface area contributed by atoms with E-state index >= 15 is 0 Å². The first-order chi connectivity index (χ1) is 8.10. The normalized spacial score (nSPS) is 40.1. The Balaban J connectivity index is 2.09. The molecular weight excluding hydrogens is 214 g/mol. The van der Waals surface area contributed by atoms with Crippen molar-refractivity contribution in [2.24, 2.45) is 5.73 Å². The highest BCUT2D eigenvalue weighted by atomic mass is 16.5. The number of nitrogens with zero attached hydrogens (tertiary/aromatic N) is 2. The Hall–Kier alpha value is -0.160. The summed E-state index contributed by atoms with van der Waals surface area (Å²) in [4.78, 5) is 4.94. The zero-order valence-electron chi connectivity index (χ0n) is 11.5. The second kappa shape index (κ2) is 5.22. The van der Waals surface area contributed by atoms with Crippen molar-refractivity contribution in [2.75, 3.05) is 40.3 Å². The molecule has 3 unspecified atom stereocenters. The van der Waals surface area contributed by atoms with E-state index in [1.807, 2.05) is 0 Å². The van der Waals surface area contributed by atoms with E-state index in [-0.39, 0.29) is 11.6 Å². The van der Waals surface area contributed by atoms with Crippen molar-refractivity contribution in [3.8, 4) is 0 Å². The summed E-state index contributed by atoms with van der Waals surface area (Å²) < 4.78 is 5.77. The maximum Gasteiger partial charge on any atom is 0.0743 e. The third kappa shape index (κ3) is 2.36. The summed E-state index contributed by atoms with van der Waals surface area (Å²) in [6, 6.07) is 0.667. The fourth-order valence-electron chi connectivity index (χ4n) is 3.36. The molecule has 2 aliphatic heterocycles. The van der Waals surface area contributed by atoms with Crippen LogP contribution in [0.15, 0.2) is 0 Å². The highest BCUT2D eigenvalue weighted by Gasteiger charge is 2.46. The summed E-state index contributed by atoms with van der Waals surface area (Å²) in [6.45, 7) is 6.07. The van der Waals surface area contributed by atoms with Crippen molar-refractivity contribution in [3.63, 3.8) is 0 Å². The third-order valence-electron chi connectivity index (χ3n) is 4.77. The molecular formula is C13H27N3O. The molecule has 2 rings (SSSR count). The molecule has 4 nitrogen and oxygen atoms in total. The Morgan fingerprint density at radius 3 is 2.76 bits per heavy atom. The number of rotatable bonds is 3. The molecule has 2 fully saturated rings. The highest BCUT2D eigenvalue weighted by molar-refractivity contribution is 5.02. The Morgan fingerprint density at radius 1 is 1.47 bits per heavy atom. The van der Waals surface area contributed by atoms with Crippen LogP contribution in [0.3, 0.4) is 0 Å². The van der Waals surface area contributed by atoms with E-state index in [0.29, 0.717) is 12.6 Å². The van der Waals surface area contributed by atoms with Crippen molar-refractivity contribution in [1.82, 2.24) is 9.80 Å². The maximum absolute atomic E-state index is 6.08. The molecule has 0 aromatic rings. The topological polar surface area (TPSA) is 41.7 Å². The minimum absolute atomic E-state index is 0.0919. The third-order valence-corrected chi connectivity index (χ3v) is 4.77. The first kappa shape index (κ1) is 13.3.